The molecule has 0 aliphatic rings. The zero-order chi connectivity index (χ0) is 28.6. The van der Waals surface area contributed by atoms with E-state index >= 15 is 0 Å². The fourth-order valence-corrected chi connectivity index (χ4v) is 6.49. The molecule has 2 amide bonds. The molecule has 0 aliphatic heterocycles. The molecule has 0 unspecified atom stereocenters. The maximum Gasteiger partial charge on any atom is 0.501 e. The van der Waals surface area contributed by atoms with Crippen LogP contribution in [0.5, 0.6) is 0 Å². The van der Waals surface area contributed by atoms with Crippen molar-refractivity contribution in [2.24, 2.45) is 0 Å². The molecule has 2 atom stereocenters. The summed E-state index contributed by atoms with van der Waals surface area (Å²) in [6.07, 6.45) is 7.21. The van der Waals surface area contributed by atoms with Crippen molar-refractivity contribution in [2.45, 2.75) is 24.2 Å². The van der Waals surface area contributed by atoms with E-state index in [4.69, 9.17) is 26.6 Å². The standard InChI is InChI=1S/2C12H21N2O4Si.Y/c2*1-11(14-8-5-6-9-14)12(15)13-7-10-19(16-2,17-3)18-4;/h2*5-6,8-9,11H,1,7,10H2,2-4H3,(H,13,15);/q2*-1;/t2*11-;/m00./s1. The van der Waals surface area contributed by atoms with Gasteiger partial charge in [-0.15, -0.1) is 0 Å². The van der Waals surface area contributed by atoms with Gasteiger partial charge in [0, 0.05) is 125 Å². The first-order valence-electron chi connectivity index (χ1n) is 11.9. The number of amides is 2. The molecule has 2 N–H and O–H groups in total. The molecule has 15 heteroatoms. The van der Waals surface area contributed by atoms with Gasteiger partial charge in [-0.2, -0.15) is 0 Å². The number of aromatic nitrogens is 2. The van der Waals surface area contributed by atoms with E-state index in [2.05, 4.69) is 24.5 Å². The molecule has 12 nitrogen and oxygen atoms in total. The maximum atomic E-state index is 11.9. The molecule has 39 heavy (non-hydrogen) atoms. The van der Waals surface area contributed by atoms with E-state index in [1.807, 2.05) is 24.3 Å². The van der Waals surface area contributed by atoms with Crippen LogP contribution >= 0.6 is 0 Å². The Morgan fingerprint density at radius 1 is 0.641 bits per heavy atom. The third-order valence-corrected chi connectivity index (χ3v) is 11.4. The van der Waals surface area contributed by atoms with E-state index in [0.29, 0.717) is 25.2 Å². The van der Waals surface area contributed by atoms with E-state index < -0.39 is 29.7 Å². The number of carbonyl (C=O) groups excluding carboxylic acids is 2. The second-order valence-corrected chi connectivity index (χ2v) is 14.1. The summed E-state index contributed by atoms with van der Waals surface area (Å²) >= 11 is 0. The Balaban J connectivity index is 0.000000722. The molecular formula is C24H42N4O8Si2Y-2. The molecule has 0 aliphatic carbocycles. The summed E-state index contributed by atoms with van der Waals surface area (Å²) in [5.41, 5.74) is 0. The molecule has 219 valence electrons. The molecule has 0 fully saturated rings. The quantitative estimate of drug-likeness (QED) is 0.206. The Morgan fingerprint density at radius 3 is 1.13 bits per heavy atom. The summed E-state index contributed by atoms with van der Waals surface area (Å²) in [4.78, 5) is 23.8. The van der Waals surface area contributed by atoms with Crippen molar-refractivity contribution < 1.29 is 68.9 Å². The van der Waals surface area contributed by atoms with Crippen LogP contribution in [0.1, 0.15) is 12.1 Å². The van der Waals surface area contributed by atoms with Gasteiger partial charge in [-0.3, -0.25) is 9.59 Å². The van der Waals surface area contributed by atoms with Crippen molar-refractivity contribution >= 4 is 29.4 Å². The minimum atomic E-state index is -2.63. The van der Waals surface area contributed by atoms with Gasteiger partial charge in [0.15, 0.2) is 0 Å². The number of hydrogen-bond donors (Lipinski definition) is 2. The van der Waals surface area contributed by atoms with Crippen LogP contribution in [0.2, 0.25) is 12.1 Å². The molecule has 1 radical (unpaired) electrons. The molecule has 2 aromatic rings. The Kier molecular flexibility index (Phi) is 19.2. The largest absolute Gasteiger partial charge is 0.501 e. The summed E-state index contributed by atoms with van der Waals surface area (Å²) < 4.78 is 35.1. The van der Waals surface area contributed by atoms with Crippen LogP contribution in [0.4, 0.5) is 0 Å². The van der Waals surface area contributed by atoms with Crippen molar-refractivity contribution in [3.8, 4) is 0 Å². The SMILES string of the molecule is [CH2-][C@@H](C(=O)NCC[Si](OC)(OC)OC)n1cccc1.[CH2-][C@@H](C(=O)NCC[Si](OC)(OC)OC)n1cccc1.[Y]. The molecule has 0 aromatic carbocycles. The Labute approximate surface area is 259 Å². The minimum Gasteiger partial charge on any atom is -0.377 e. The number of nitrogens with zero attached hydrogens (tertiary/aromatic N) is 2. The van der Waals surface area contributed by atoms with Crippen LogP contribution in [0, 0.1) is 13.8 Å². The average Bonchev–Trinajstić information content (AvgIpc) is 3.69. The molecule has 0 bridgehead atoms. The topological polar surface area (TPSA) is 123 Å². The summed E-state index contributed by atoms with van der Waals surface area (Å²) in [5.74, 6) is -0.301. The summed E-state index contributed by atoms with van der Waals surface area (Å²) in [7, 11) is 4.03. The first-order valence-corrected chi connectivity index (χ1v) is 15.8. The van der Waals surface area contributed by atoms with Gasteiger partial charge in [0.05, 0.1) is 0 Å². The van der Waals surface area contributed by atoms with E-state index in [9.17, 15) is 9.59 Å². The van der Waals surface area contributed by atoms with Gasteiger partial charge in [0.1, 0.15) is 0 Å². The molecule has 2 aromatic heterocycles. The van der Waals surface area contributed by atoms with Gasteiger partial charge in [-0.05, 0) is 36.3 Å². The predicted molar refractivity (Wildman–Crippen MR) is 147 cm³/mol. The van der Waals surface area contributed by atoms with Crippen LogP contribution in [0.25, 0.3) is 0 Å². The third-order valence-electron chi connectivity index (χ3n) is 5.91. The fourth-order valence-electron chi connectivity index (χ4n) is 3.41. The first-order chi connectivity index (χ1) is 18.2. The van der Waals surface area contributed by atoms with Crippen molar-refractivity contribution in [1.82, 2.24) is 19.8 Å². The first kappa shape index (κ1) is 37.8. The number of rotatable bonds is 16. The summed E-state index contributed by atoms with van der Waals surface area (Å²) in [6, 6.07) is 7.46. The smallest absolute Gasteiger partial charge is 0.377 e. The normalized spacial score (nSPS) is 12.9. The molecule has 2 rings (SSSR count). The van der Waals surface area contributed by atoms with Crippen LogP contribution < -0.4 is 10.6 Å². The van der Waals surface area contributed by atoms with Crippen molar-refractivity contribution in [2.75, 3.05) is 55.7 Å². The molecular weight excluding hydrogens is 617 g/mol. The van der Waals surface area contributed by atoms with Gasteiger partial charge in [0.2, 0.25) is 11.8 Å². The van der Waals surface area contributed by atoms with E-state index in [1.54, 1.807) is 76.6 Å². The van der Waals surface area contributed by atoms with Crippen LogP contribution in [0.15, 0.2) is 49.1 Å². The summed E-state index contributed by atoms with van der Waals surface area (Å²) in [6.45, 7) is 8.50. The van der Waals surface area contributed by atoms with E-state index in [1.165, 1.54) is 0 Å². The van der Waals surface area contributed by atoms with Crippen LogP contribution in [-0.4, -0.2) is 94.3 Å². The third kappa shape index (κ3) is 12.1. The van der Waals surface area contributed by atoms with E-state index in [0.717, 1.165) is 0 Å². The number of nitrogens with one attached hydrogen (secondary N) is 2. The van der Waals surface area contributed by atoms with Gasteiger partial charge < -0.3 is 60.2 Å². The summed E-state index contributed by atoms with van der Waals surface area (Å²) in [5, 5.41) is 5.60. The van der Waals surface area contributed by atoms with Crippen LogP contribution in [-0.2, 0) is 68.9 Å². The molecule has 0 saturated carbocycles. The number of hydrogen-bond acceptors (Lipinski definition) is 8. The van der Waals surface area contributed by atoms with Crippen molar-refractivity contribution in [3.63, 3.8) is 0 Å². The van der Waals surface area contributed by atoms with Gasteiger partial charge in [0.25, 0.3) is 0 Å². The van der Waals surface area contributed by atoms with Gasteiger partial charge in [-0.25, -0.2) is 0 Å². The second-order valence-electron chi connectivity index (χ2n) is 7.96. The second kappa shape index (κ2) is 19.8. The predicted octanol–water partition coefficient (Wildman–Crippen LogP) is 1.71. The minimum absolute atomic E-state index is 0. The van der Waals surface area contributed by atoms with Crippen molar-refractivity contribution in [1.29, 1.82) is 0 Å². The van der Waals surface area contributed by atoms with Gasteiger partial charge >= 0.3 is 17.6 Å². The number of carbonyl (C=O) groups is 2. The maximum absolute atomic E-state index is 11.9. The van der Waals surface area contributed by atoms with Crippen LogP contribution in [0.3, 0.4) is 0 Å². The average molecular weight is 660 g/mol. The fraction of sp³-hybridized carbons (Fsp3) is 0.500. The Morgan fingerprint density at radius 2 is 0.897 bits per heavy atom. The molecule has 0 spiro atoms. The Bertz CT molecular complexity index is 823. The Hall–Kier alpha value is -1.20. The monoisotopic (exact) mass is 659 g/mol. The van der Waals surface area contributed by atoms with Crippen molar-refractivity contribution in [3.05, 3.63) is 62.9 Å². The molecule has 0 saturated heterocycles. The molecule has 2 heterocycles. The van der Waals surface area contributed by atoms with Gasteiger partial charge in [-0.1, -0.05) is 0 Å². The zero-order valence-corrected chi connectivity index (χ0v) is 28.6. The zero-order valence-electron chi connectivity index (χ0n) is 23.8. The van der Waals surface area contributed by atoms with E-state index in [-0.39, 0.29) is 44.5 Å².